The third-order valence-electron chi connectivity index (χ3n) is 5.69. The first-order valence-corrected chi connectivity index (χ1v) is 12.3. The van der Waals surface area contributed by atoms with E-state index in [-0.39, 0.29) is 39.7 Å². The number of anilines is 2. The SMILES string of the molecule is COc1cc(/C=C2/C(=O)NC(=S)N(c3ccccc3)C2=O)cc(Cl)c1OCC(=O)Nc1cc(C)ccc1C. The van der Waals surface area contributed by atoms with Gasteiger partial charge in [-0.1, -0.05) is 41.9 Å². The number of thiocarbonyl (C=S) groups is 1. The lowest BCUT2D eigenvalue weighted by molar-refractivity contribution is -0.122. The van der Waals surface area contributed by atoms with Crippen LogP contribution in [0.3, 0.4) is 0 Å². The number of nitrogens with zero attached hydrogens (tertiary/aromatic N) is 1. The smallest absolute Gasteiger partial charge is 0.270 e. The fraction of sp³-hybridized carbons (Fsp3) is 0.143. The largest absolute Gasteiger partial charge is 0.493 e. The number of rotatable bonds is 7. The van der Waals surface area contributed by atoms with Crippen molar-refractivity contribution in [2.45, 2.75) is 13.8 Å². The first kappa shape index (κ1) is 26.8. The van der Waals surface area contributed by atoms with E-state index in [1.54, 1.807) is 30.3 Å². The van der Waals surface area contributed by atoms with E-state index < -0.39 is 11.8 Å². The third-order valence-corrected chi connectivity index (χ3v) is 6.26. The highest BCUT2D eigenvalue weighted by Gasteiger charge is 2.34. The summed E-state index contributed by atoms with van der Waals surface area (Å²) in [6, 6.07) is 17.6. The maximum Gasteiger partial charge on any atom is 0.270 e. The van der Waals surface area contributed by atoms with E-state index in [4.69, 9.17) is 33.3 Å². The minimum Gasteiger partial charge on any atom is -0.493 e. The van der Waals surface area contributed by atoms with Gasteiger partial charge in [0, 0.05) is 5.69 Å². The fourth-order valence-corrected chi connectivity index (χ4v) is 4.35. The molecule has 0 radical (unpaired) electrons. The topological polar surface area (TPSA) is 97.0 Å². The molecule has 10 heteroatoms. The zero-order valence-electron chi connectivity index (χ0n) is 20.8. The van der Waals surface area contributed by atoms with E-state index in [2.05, 4.69) is 10.6 Å². The van der Waals surface area contributed by atoms with Gasteiger partial charge in [0.2, 0.25) is 0 Å². The highest BCUT2D eigenvalue weighted by atomic mass is 35.5. The highest BCUT2D eigenvalue weighted by Crippen LogP contribution is 2.37. The molecule has 0 saturated carbocycles. The predicted molar refractivity (Wildman–Crippen MR) is 151 cm³/mol. The molecule has 0 bridgehead atoms. The van der Waals surface area contributed by atoms with Crippen LogP contribution in [0.15, 0.2) is 66.2 Å². The zero-order chi connectivity index (χ0) is 27.4. The third kappa shape index (κ3) is 5.85. The Bertz CT molecular complexity index is 1470. The summed E-state index contributed by atoms with van der Waals surface area (Å²) >= 11 is 11.7. The van der Waals surface area contributed by atoms with Crippen LogP contribution in [0.1, 0.15) is 16.7 Å². The lowest BCUT2D eigenvalue weighted by atomic mass is 10.1. The van der Waals surface area contributed by atoms with Gasteiger partial charge in [0.1, 0.15) is 5.57 Å². The fourth-order valence-electron chi connectivity index (χ4n) is 3.79. The Labute approximate surface area is 230 Å². The molecule has 38 heavy (non-hydrogen) atoms. The van der Waals surface area contributed by atoms with Gasteiger partial charge in [0.25, 0.3) is 17.7 Å². The summed E-state index contributed by atoms with van der Waals surface area (Å²) in [6.45, 7) is 3.52. The number of para-hydroxylation sites is 1. The number of hydrogen-bond acceptors (Lipinski definition) is 6. The van der Waals surface area contributed by atoms with Crippen LogP contribution in [0.2, 0.25) is 5.02 Å². The molecule has 8 nitrogen and oxygen atoms in total. The Morgan fingerprint density at radius 1 is 1.11 bits per heavy atom. The first-order chi connectivity index (χ1) is 18.2. The van der Waals surface area contributed by atoms with E-state index in [1.165, 1.54) is 24.2 Å². The van der Waals surface area contributed by atoms with Crippen molar-refractivity contribution < 1.29 is 23.9 Å². The van der Waals surface area contributed by atoms with Crippen molar-refractivity contribution >= 4 is 64.1 Å². The molecule has 1 saturated heterocycles. The number of nitrogens with one attached hydrogen (secondary N) is 2. The number of carbonyl (C=O) groups is 3. The molecular formula is C28H24ClN3O5S. The van der Waals surface area contributed by atoms with Crippen LogP contribution >= 0.6 is 23.8 Å². The van der Waals surface area contributed by atoms with Crippen LogP contribution in [-0.2, 0) is 14.4 Å². The Kier molecular flexibility index (Phi) is 8.09. The number of halogens is 1. The standard InChI is InChI=1S/C28H24ClN3O5S/c1-16-9-10-17(2)22(11-16)30-24(33)15-37-25-21(29)13-18(14-23(25)36-3)12-20-26(34)31-28(38)32(27(20)35)19-7-5-4-6-8-19/h4-14H,15H2,1-3H3,(H,30,33)(H,31,34,38)/b20-12-. The molecule has 3 amide bonds. The minimum absolute atomic E-state index is 0.0122. The van der Waals surface area contributed by atoms with E-state index >= 15 is 0 Å². The average molecular weight is 550 g/mol. The highest BCUT2D eigenvalue weighted by molar-refractivity contribution is 7.80. The maximum absolute atomic E-state index is 13.2. The van der Waals surface area contributed by atoms with Gasteiger partial charge < -0.3 is 14.8 Å². The van der Waals surface area contributed by atoms with E-state index in [9.17, 15) is 14.4 Å². The van der Waals surface area contributed by atoms with Crippen LogP contribution in [0.4, 0.5) is 11.4 Å². The molecule has 2 N–H and O–H groups in total. The number of aryl methyl sites for hydroxylation is 2. The molecule has 194 valence electrons. The molecule has 3 aromatic carbocycles. The molecule has 1 heterocycles. The molecule has 4 rings (SSSR count). The van der Waals surface area contributed by atoms with Crippen LogP contribution < -0.4 is 25.0 Å². The molecule has 0 unspecified atom stereocenters. The number of benzene rings is 3. The predicted octanol–water partition coefficient (Wildman–Crippen LogP) is 4.81. The van der Waals surface area contributed by atoms with Crippen molar-refractivity contribution in [1.29, 1.82) is 0 Å². The summed E-state index contributed by atoms with van der Waals surface area (Å²) in [5.41, 5.74) is 3.43. The lowest BCUT2D eigenvalue weighted by Crippen LogP contribution is -2.54. The van der Waals surface area contributed by atoms with Crippen molar-refractivity contribution in [3.8, 4) is 11.5 Å². The monoisotopic (exact) mass is 549 g/mol. The summed E-state index contributed by atoms with van der Waals surface area (Å²) in [4.78, 5) is 39.6. The molecule has 0 atom stereocenters. The number of methoxy groups -OCH3 is 1. The van der Waals surface area contributed by atoms with E-state index in [0.29, 0.717) is 16.9 Å². The maximum atomic E-state index is 13.2. The molecule has 0 aliphatic carbocycles. The van der Waals surface area contributed by atoms with Crippen molar-refractivity contribution in [2.24, 2.45) is 0 Å². The van der Waals surface area contributed by atoms with Gasteiger partial charge in [-0.25, -0.2) is 0 Å². The second-order valence-corrected chi connectivity index (χ2v) is 9.28. The Balaban J connectivity index is 1.55. The van der Waals surface area contributed by atoms with Crippen molar-refractivity contribution in [3.05, 3.63) is 87.9 Å². The molecule has 3 aromatic rings. The van der Waals surface area contributed by atoms with Gasteiger partial charge in [0.05, 0.1) is 17.8 Å². The van der Waals surface area contributed by atoms with Gasteiger partial charge in [-0.3, -0.25) is 24.6 Å². The van der Waals surface area contributed by atoms with Gasteiger partial charge in [-0.2, -0.15) is 0 Å². The quantitative estimate of drug-likeness (QED) is 0.249. The van der Waals surface area contributed by atoms with Crippen LogP contribution in [-0.4, -0.2) is 36.6 Å². The van der Waals surface area contributed by atoms with E-state index in [1.807, 2.05) is 38.1 Å². The number of hydrogen-bond donors (Lipinski definition) is 2. The molecule has 1 aliphatic rings. The molecule has 1 aliphatic heterocycles. The van der Waals surface area contributed by atoms with Gasteiger partial charge in [-0.15, -0.1) is 0 Å². The van der Waals surface area contributed by atoms with Crippen LogP contribution in [0.25, 0.3) is 6.08 Å². The molecule has 0 spiro atoms. The van der Waals surface area contributed by atoms with Crippen LogP contribution in [0.5, 0.6) is 11.5 Å². The van der Waals surface area contributed by atoms with Gasteiger partial charge in [-0.05, 0) is 79.2 Å². The van der Waals surface area contributed by atoms with Crippen molar-refractivity contribution in [1.82, 2.24) is 5.32 Å². The average Bonchev–Trinajstić information content (AvgIpc) is 2.88. The second kappa shape index (κ2) is 11.5. The summed E-state index contributed by atoms with van der Waals surface area (Å²) in [5, 5.41) is 5.48. The summed E-state index contributed by atoms with van der Waals surface area (Å²) in [7, 11) is 1.42. The number of amides is 3. The minimum atomic E-state index is -0.634. The van der Waals surface area contributed by atoms with Crippen molar-refractivity contribution in [3.63, 3.8) is 0 Å². The Morgan fingerprint density at radius 2 is 1.84 bits per heavy atom. The van der Waals surface area contributed by atoms with Crippen molar-refractivity contribution in [2.75, 3.05) is 23.9 Å². The lowest BCUT2D eigenvalue weighted by Gasteiger charge is -2.28. The molecule has 0 aromatic heterocycles. The first-order valence-electron chi connectivity index (χ1n) is 11.5. The number of ether oxygens (including phenoxy) is 2. The number of carbonyl (C=O) groups excluding carboxylic acids is 3. The van der Waals surface area contributed by atoms with E-state index in [0.717, 1.165) is 11.1 Å². The second-order valence-electron chi connectivity index (χ2n) is 8.48. The summed E-state index contributed by atoms with van der Waals surface area (Å²) in [6.07, 6.45) is 1.39. The normalized spacial score (nSPS) is 14.4. The zero-order valence-corrected chi connectivity index (χ0v) is 22.4. The van der Waals surface area contributed by atoms with Gasteiger partial charge >= 0.3 is 0 Å². The van der Waals surface area contributed by atoms with Gasteiger partial charge in [0.15, 0.2) is 23.2 Å². The van der Waals surface area contributed by atoms with Crippen LogP contribution in [0, 0.1) is 13.8 Å². The summed E-state index contributed by atoms with van der Waals surface area (Å²) < 4.78 is 11.1. The Hall–Kier alpha value is -4.21. The molecule has 1 fully saturated rings. The summed E-state index contributed by atoms with van der Waals surface area (Å²) in [5.74, 6) is -1.21. The Morgan fingerprint density at radius 3 is 2.55 bits per heavy atom. The molecular weight excluding hydrogens is 526 g/mol.